The fourth-order valence-electron chi connectivity index (χ4n) is 3.01. The molecule has 0 saturated heterocycles. The molecule has 114 valence electrons. The molecule has 0 N–H and O–H groups in total. The van der Waals surface area contributed by atoms with Gasteiger partial charge in [-0.2, -0.15) is 0 Å². The first-order valence-electron chi connectivity index (χ1n) is 7.58. The number of imidazole rings is 1. The molecule has 1 aromatic heterocycles. The minimum Gasteiger partial charge on any atom is -0.343 e. The highest BCUT2D eigenvalue weighted by molar-refractivity contribution is 5.91. The van der Waals surface area contributed by atoms with Crippen LogP contribution in [0.2, 0.25) is 0 Å². The summed E-state index contributed by atoms with van der Waals surface area (Å²) in [5.74, 6) is 1.18. The monoisotopic (exact) mass is 290 g/mol. The van der Waals surface area contributed by atoms with Crippen molar-refractivity contribution in [2.75, 3.05) is 20.6 Å². The Bertz CT molecular complexity index is 574. The van der Waals surface area contributed by atoms with Crippen LogP contribution in [0.25, 0.3) is 0 Å². The van der Waals surface area contributed by atoms with Gasteiger partial charge >= 0.3 is 0 Å². The molecule has 1 aliphatic carbocycles. The molecule has 0 spiro atoms. The number of amides is 2. The molecule has 0 radical (unpaired) electrons. The van der Waals surface area contributed by atoms with E-state index in [0.29, 0.717) is 18.8 Å². The molecule has 2 heterocycles. The van der Waals surface area contributed by atoms with Gasteiger partial charge in [0.1, 0.15) is 11.5 Å². The van der Waals surface area contributed by atoms with Crippen molar-refractivity contribution in [2.45, 2.75) is 38.8 Å². The maximum absolute atomic E-state index is 12.5. The van der Waals surface area contributed by atoms with Gasteiger partial charge in [-0.05, 0) is 19.8 Å². The second-order valence-electron chi connectivity index (χ2n) is 6.21. The summed E-state index contributed by atoms with van der Waals surface area (Å²) in [6.07, 6.45) is 5.00. The van der Waals surface area contributed by atoms with Gasteiger partial charge < -0.3 is 14.4 Å². The molecule has 0 bridgehead atoms. The Morgan fingerprint density at radius 3 is 2.57 bits per heavy atom. The van der Waals surface area contributed by atoms with Crippen LogP contribution in [0.5, 0.6) is 0 Å². The smallest absolute Gasteiger partial charge is 0.273 e. The molecule has 0 aromatic carbocycles. The Balaban J connectivity index is 1.82. The molecule has 6 nitrogen and oxygen atoms in total. The van der Waals surface area contributed by atoms with E-state index in [9.17, 15) is 9.59 Å². The zero-order valence-corrected chi connectivity index (χ0v) is 12.9. The maximum atomic E-state index is 12.5. The van der Waals surface area contributed by atoms with E-state index < -0.39 is 0 Å². The van der Waals surface area contributed by atoms with Crippen molar-refractivity contribution in [1.82, 2.24) is 19.4 Å². The minimum absolute atomic E-state index is 0.0597. The lowest BCUT2D eigenvalue weighted by molar-refractivity contribution is -0.141. The molecule has 21 heavy (non-hydrogen) atoms. The van der Waals surface area contributed by atoms with Crippen LogP contribution in [-0.4, -0.2) is 51.8 Å². The molecule has 1 atom stereocenters. The first-order valence-corrected chi connectivity index (χ1v) is 7.58. The molecule has 1 aliphatic heterocycles. The van der Waals surface area contributed by atoms with E-state index in [1.165, 1.54) is 4.90 Å². The first-order chi connectivity index (χ1) is 9.99. The third-order valence-corrected chi connectivity index (χ3v) is 4.59. The highest BCUT2D eigenvalue weighted by Crippen LogP contribution is 2.33. The first kappa shape index (κ1) is 14.1. The summed E-state index contributed by atoms with van der Waals surface area (Å²) in [4.78, 5) is 32.4. The predicted octanol–water partition coefficient (Wildman–Crippen LogP) is 1.29. The number of carbonyl (C=O) groups is 2. The standard InChI is InChI=1S/C15H22N4O2/c1-10-13-16-12(15(21)17(2)3)9-18(13)7-8-19(10)14(20)11-5-4-6-11/h9-11H,4-8H2,1-3H3. The van der Waals surface area contributed by atoms with E-state index in [2.05, 4.69) is 4.98 Å². The van der Waals surface area contributed by atoms with Gasteiger partial charge in [0.15, 0.2) is 0 Å². The van der Waals surface area contributed by atoms with Crippen molar-refractivity contribution in [1.29, 1.82) is 0 Å². The molecule has 1 unspecified atom stereocenters. The van der Waals surface area contributed by atoms with Crippen LogP contribution in [0.15, 0.2) is 6.20 Å². The maximum Gasteiger partial charge on any atom is 0.273 e. The second-order valence-corrected chi connectivity index (χ2v) is 6.21. The Morgan fingerprint density at radius 2 is 2.00 bits per heavy atom. The molecule has 1 fully saturated rings. The van der Waals surface area contributed by atoms with Crippen LogP contribution < -0.4 is 0 Å². The van der Waals surface area contributed by atoms with Crippen molar-refractivity contribution >= 4 is 11.8 Å². The zero-order chi connectivity index (χ0) is 15.1. The fraction of sp³-hybridized carbons (Fsp3) is 0.667. The van der Waals surface area contributed by atoms with E-state index in [1.807, 2.05) is 16.4 Å². The summed E-state index contributed by atoms with van der Waals surface area (Å²) < 4.78 is 2.01. The zero-order valence-electron chi connectivity index (χ0n) is 12.9. The highest BCUT2D eigenvalue weighted by atomic mass is 16.2. The molecular formula is C15H22N4O2. The van der Waals surface area contributed by atoms with E-state index >= 15 is 0 Å². The van der Waals surface area contributed by atoms with Crippen molar-refractivity contribution in [3.8, 4) is 0 Å². The fourth-order valence-corrected chi connectivity index (χ4v) is 3.01. The van der Waals surface area contributed by atoms with Gasteiger partial charge in [0.25, 0.3) is 5.91 Å². The molecule has 6 heteroatoms. The Kier molecular flexibility index (Phi) is 3.47. The van der Waals surface area contributed by atoms with E-state index in [1.54, 1.807) is 20.3 Å². The third kappa shape index (κ3) is 2.32. The Labute approximate surface area is 124 Å². The molecule has 1 saturated carbocycles. The molecule has 3 rings (SSSR count). The highest BCUT2D eigenvalue weighted by Gasteiger charge is 2.36. The van der Waals surface area contributed by atoms with Crippen molar-refractivity contribution in [3.63, 3.8) is 0 Å². The number of hydrogen-bond acceptors (Lipinski definition) is 3. The van der Waals surface area contributed by atoms with Crippen molar-refractivity contribution < 1.29 is 9.59 Å². The molecular weight excluding hydrogens is 268 g/mol. The van der Waals surface area contributed by atoms with Crippen molar-refractivity contribution in [2.24, 2.45) is 5.92 Å². The lowest BCUT2D eigenvalue weighted by atomic mass is 9.84. The second kappa shape index (κ2) is 5.16. The number of nitrogens with zero attached hydrogens (tertiary/aromatic N) is 4. The molecule has 1 aromatic rings. The van der Waals surface area contributed by atoms with Crippen LogP contribution in [-0.2, 0) is 11.3 Å². The van der Waals surface area contributed by atoms with Gasteiger partial charge in [-0.3, -0.25) is 9.59 Å². The van der Waals surface area contributed by atoms with Crippen molar-refractivity contribution in [3.05, 3.63) is 17.7 Å². The summed E-state index contributed by atoms with van der Waals surface area (Å²) >= 11 is 0. The number of carbonyl (C=O) groups excluding carboxylic acids is 2. The number of aromatic nitrogens is 2. The lowest BCUT2D eigenvalue weighted by Gasteiger charge is -2.38. The summed E-state index contributed by atoms with van der Waals surface area (Å²) in [6, 6.07) is -0.0597. The summed E-state index contributed by atoms with van der Waals surface area (Å²) in [7, 11) is 3.44. The van der Waals surface area contributed by atoms with E-state index in [4.69, 9.17) is 0 Å². The van der Waals surface area contributed by atoms with Gasteiger partial charge in [-0.1, -0.05) is 6.42 Å². The number of rotatable bonds is 2. The molecule has 2 amide bonds. The predicted molar refractivity (Wildman–Crippen MR) is 77.7 cm³/mol. The van der Waals surface area contributed by atoms with Crippen LogP contribution in [0.3, 0.4) is 0 Å². The summed E-state index contributed by atoms with van der Waals surface area (Å²) in [5.41, 5.74) is 0.458. The SMILES string of the molecule is CC1c2nc(C(=O)N(C)C)cn2CCN1C(=O)C1CCC1. The third-order valence-electron chi connectivity index (χ3n) is 4.59. The van der Waals surface area contributed by atoms with Gasteiger partial charge in [-0.15, -0.1) is 0 Å². The minimum atomic E-state index is -0.0963. The topological polar surface area (TPSA) is 58.4 Å². The van der Waals surface area contributed by atoms with Gasteiger partial charge in [0, 0.05) is 39.3 Å². The normalized spacial score (nSPS) is 21.7. The van der Waals surface area contributed by atoms with Crippen LogP contribution >= 0.6 is 0 Å². The number of fused-ring (bicyclic) bond motifs is 1. The molecule has 2 aliphatic rings. The largest absolute Gasteiger partial charge is 0.343 e. The van der Waals surface area contributed by atoms with E-state index in [0.717, 1.165) is 25.1 Å². The summed E-state index contributed by atoms with van der Waals surface area (Å²) in [5, 5.41) is 0. The average molecular weight is 290 g/mol. The number of hydrogen-bond donors (Lipinski definition) is 0. The van der Waals surface area contributed by atoms with Crippen LogP contribution in [0.1, 0.15) is 48.5 Å². The summed E-state index contributed by atoms with van der Waals surface area (Å²) in [6.45, 7) is 3.42. The average Bonchev–Trinajstić information content (AvgIpc) is 2.80. The van der Waals surface area contributed by atoms with Gasteiger partial charge in [0.05, 0.1) is 6.04 Å². The quantitative estimate of drug-likeness (QED) is 0.824. The van der Waals surface area contributed by atoms with Gasteiger partial charge in [-0.25, -0.2) is 4.98 Å². The Morgan fingerprint density at radius 1 is 1.29 bits per heavy atom. The van der Waals surface area contributed by atoms with E-state index in [-0.39, 0.29) is 23.8 Å². The lowest BCUT2D eigenvalue weighted by Crippen LogP contribution is -2.45. The van der Waals surface area contributed by atoms with Crippen LogP contribution in [0, 0.1) is 5.92 Å². The van der Waals surface area contributed by atoms with Crippen LogP contribution in [0.4, 0.5) is 0 Å². The van der Waals surface area contributed by atoms with Gasteiger partial charge in [0.2, 0.25) is 5.91 Å². The Hall–Kier alpha value is -1.85.